The van der Waals surface area contributed by atoms with Gasteiger partial charge in [0.1, 0.15) is 17.3 Å². The molecule has 1 aromatic heterocycles. The minimum Gasteiger partial charge on any atom is -0.364 e. The molecule has 0 saturated heterocycles. The number of nitrogens with two attached hydrogens (primary N) is 1. The number of hydrogen-bond acceptors (Lipinski definition) is 4. The van der Waals surface area contributed by atoms with E-state index in [-0.39, 0.29) is 16.8 Å². The van der Waals surface area contributed by atoms with Crippen LogP contribution in [0.25, 0.3) is 11.1 Å². The average molecular weight is 281 g/mol. The van der Waals surface area contributed by atoms with Gasteiger partial charge in [0.05, 0.1) is 0 Å². The second-order valence-electron chi connectivity index (χ2n) is 3.61. The molecule has 19 heavy (non-hydrogen) atoms. The van der Waals surface area contributed by atoms with Gasteiger partial charge in [-0.25, -0.2) is 18.7 Å². The SMILES string of the molecule is CSc1ncc(-c2ccc(F)cc2F)c(C(N)=O)n1. The lowest BCUT2D eigenvalue weighted by Gasteiger charge is -2.08. The molecular weight excluding hydrogens is 272 g/mol. The van der Waals surface area contributed by atoms with E-state index in [0.717, 1.165) is 12.1 Å². The second kappa shape index (κ2) is 5.31. The highest BCUT2D eigenvalue weighted by Crippen LogP contribution is 2.26. The molecule has 1 amide bonds. The first kappa shape index (κ1) is 13.4. The van der Waals surface area contributed by atoms with Crippen molar-refractivity contribution in [3.05, 3.63) is 41.7 Å². The van der Waals surface area contributed by atoms with Gasteiger partial charge in [-0.05, 0) is 18.4 Å². The van der Waals surface area contributed by atoms with Crippen LogP contribution in [-0.4, -0.2) is 22.1 Å². The Labute approximate surface area is 112 Å². The van der Waals surface area contributed by atoms with Gasteiger partial charge in [0.15, 0.2) is 5.16 Å². The largest absolute Gasteiger partial charge is 0.364 e. The number of hydrogen-bond donors (Lipinski definition) is 1. The van der Waals surface area contributed by atoms with Crippen molar-refractivity contribution in [3.63, 3.8) is 0 Å². The van der Waals surface area contributed by atoms with E-state index in [9.17, 15) is 13.6 Å². The molecule has 0 aliphatic carbocycles. The van der Waals surface area contributed by atoms with Crippen LogP contribution in [0.5, 0.6) is 0 Å². The van der Waals surface area contributed by atoms with E-state index in [2.05, 4.69) is 9.97 Å². The first-order valence-corrected chi connectivity index (χ1v) is 6.41. The quantitative estimate of drug-likeness (QED) is 0.692. The van der Waals surface area contributed by atoms with Crippen molar-refractivity contribution >= 4 is 17.7 Å². The van der Waals surface area contributed by atoms with Gasteiger partial charge in [-0.3, -0.25) is 4.79 Å². The lowest BCUT2D eigenvalue weighted by Crippen LogP contribution is -2.16. The van der Waals surface area contributed by atoms with Crippen LogP contribution in [0.2, 0.25) is 0 Å². The molecule has 1 aromatic carbocycles. The fourth-order valence-electron chi connectivity index (χ4n) is 1.56. The van der Waals surface area contributed by atoms with Gasteiger partial charge in [0.2, 0.25) is 0 Å². The molecule has 0 aliphatic heterocycles. The summed E-state index contributed by atoms with van der Waals surface area (Å²) in [6, 6.07) is 3.03. The molecule has 4 nitrogen and oxygen atoms in total. The Bertz CT molecular complexity index is 649. The number of primary amides is 1. The molecule has 1 heterocycles. The number of nitrogens with zero attached hydrogens (tertiary/aromatic N) is 2. The molecule has 0 unspecified atom stereocenters. The zero-order valence-electron chi connectivity index (χ0n) is 9.85. The molecule has 2 aromatic rings. The van der Waals surface area contributed by atoms with Crippen molar-refractivity contribution in [2.75, 3.05) is 6.26 Å². The summed E-state index contributed by atoms with van der Waals surface area (Å²) in [5.74, 6) is -2.30. The van der Waals surface area contributed by atoms with Crippen molar-refractivity contribution in [2.24, 2.45) is 5.73 Å². The van der Waals surface area contributed by atoms with Crippen molar-refractivity contribution in [3.8, 4) is 11.1 Å². The summed E-state index contributed by atoms with van der Waals surface area (Å²) in [5, 5.41) is 0.347. The number of rotatable bonds is 3. The molecule has 98 valence electrons. The molecule has 0 spiro atoms. The summed E-state index contributed by atoms with van der Waals surface area (Å²) in [6.07, 6.45) is 3.04. The monoisotopic (exact) mass is 281 g/mol. The maximum Gasteiger partial charge on any atom is 0.268 e. The third-order valence-corrected chi connectivity index (χ3v) is 2.97. The maximum atomic E-state index is 13.7. The van der Waals surface area contributed by atoms with Crippen molar-refractivity contribution < 1.29 is 13.6 Å². The van der Waals surface area contributed by atoms with E-state index in [1.807, 2.05) is 0 Å². The Kier molecular flexibility index (Phi) is 3.75. The summed E-state index contributed by atoms with van der Waals surface area (Å²) in [7, 11) is 0. The molecule has 0 saturated carbocycles. The first-order valence-electron chi connectivity index (χ1n) is 5.19. The zero-order chi connectivity index (χ0) is 14.0. The van der Waals surface area contributed by atoms with Gasteiger partial charge >= 0.3 is 0 Å². The number of benzene rings is 1. The van der Waals surface area contributed by atoms with Crippen molar-refractivity contribution in [1.29, 1.82) is 0 Å². The highest BCUT2D eigenvalue weighted by atomic mass is 32.2. The Balaban J connectivity index is 2.64. The molecule has 2 rings (SSSR count). The standard InChI is InChI=1S/C12H9F2N3OS/c1-19-12-16-5-8(10(17-12)11(15)18)7-3-2-6(13)4-9(7)14/h2-5H,1H3,(H2,15,18). The fraction of sp³-hybridized carbons (Fsp3) is 0.0833. The molecule has 2 N–H and O–H groups in total. The van der Waals surface area contributed by atoms with Crippen LogP contribution in [0, 0.1) is 11.6 Å². The summed E-state index contributed by atoms with van der Waals surface area (Å²) in [6.45, 7) is 0. The third-order valence-electron chi connectivity index (χ3n) is 2.40. The van der Waals surface area contributed by atoms with Gasteiger partial charge in [0, 0.05) is 23.4 Å². The van der Waals surface area contributed by atoms with Gasteiger partial charge in [-0.15, -0.1) is 0 Å². The Hall–Kier alpha value is -2.02. The predicted molar refractivity (Wildman–Crippen MR) is 67.7 cm³/mol. The summed E-state index contributed by atoms with van der Waals surface area (Å²) >= 11 is 1.23. The number of amides is 1. The molecule has 0 fully saturated rings. The van der Waals surface area contributed by atoms with E-state index >= 15 is 0 Å². The van der Waals surface area contributed by atoms with Gasteiger partial charge in [-0.1, -0.05) is 11.8 Å². The molecule has 0 atom stereocenters. The van der Waals surface area contributed by atoms with E-state index in [1.165, 1.54) is 24.0 Å². The average Bonchev–Trinajstić information content (AvgIpc) is 2.38. The smallest absolute Gasteiger partial charge is 0.268 e. The number of thioether (sulfide) groups is 1. The van der Waals surface area contributed by atoms with Crippen LogP contribution < -0.4 is 5.73 Å². The lowest BCUT2D eigenvalue weighted by atomic mass is 10.0. The normalized spacial score (nSPS) is 10.5. The Morgan fingerprint density at radius 1 is 1.32 bits per heavy atom. The fourth-order valence-corrected chi connectivity index (χ4v) is 1.90. The van der Waals surface area contributed by atoms with Crippen LogP contribution >= 0.6 is 11.8 Å². The molecule has 0 radical (unpaired) electrons. The van der Waals surface area contributed by atoms with Crippen LogP contribution in [0.4, 0.5) is 8.78 Å². The van der Waals surface area contributed by atoms with Gasteiger partial charge in [-0.2, -0.15) is 0 Å². The van der Waals surface area contributed by atoms with E-state index in [4.69, 9.17) is 5.73 Å². The van der Waals surface area contributed by atoms with Gasteiger partial charge in [0.25, 0.3) is 5.91 Å². The van der Waals surface area contributed by atoms with Crippen LogP contribution in [0.3, 0.4) is 0 Å². The highest BCUT2D eigenvalue weighted by molar-refractivity contribution is 7.98. The number of aromatic nitrogens is 2. The lowest BCUT2D eigenvalue weighted by molar-refractivity contribution is 0.0995. The Morgan fingerprint density at radius 2 is 2.05 bits per heavy atom. The first-order chi connectivity index (χ1) is 9.02. The Morgan fingerprint density at radius 3 is 2.63 bits per heavy atom. The number of halogens is 2. The second-order valence-corrected chi connectivity index (χ2v) is 4.38. The van der Waals surface area contributed by atoms with Crippen LogP contribution in [0.1, 0.15) is 10.5 Å². The topological polar surface area (TPSA) is 68.9 Å². The summed E-state index contributed by atoms with van der Waals surface area (Å²) in [5.41, 5.74) is 5.30. The third kappa shape index (κ3) is 2.70. The summed E-state index contributed by atoms with van der Waals surface area (Å²) < 4.78 is 26.6. The maximum absolute atomic E-state index is 13.7. The van der Waals surface area contributed by atoms with Crippen LogP contribution in [0.15, 0.2) is 29.6 Å². The summed E-state index contributed by atoms with van der Waals surface area (Å²) in [4.78, 5) is 19.3. The number of carbonyl (C=O) groups excluding carboxylic acids is 1. The van der Waals surface area contributed by atoms with Crippen LogP contribution in [-0.2, 0) is 0 Å². The highest BCUT2D eigenvalue weighted by Gasteiger charge is 2.17. The molecule has 0 bridgehead atoms. The van der Waals surface area contributed by atoms with Crippen molar-refractivity contribution in [1.82, 2.24) is 9.97 Å². The minimum atomic E-state index is -0.803. The van der Waals surface area contributed by atoms with Crippen molar-refractivity contribution in [2.45, 2.75) is 5.16 Å². The molecule has 0 aliphatic rings. The zero-order valence-corrected chi connectivity index (χ0v) is 10.7. The van der Waals surface area contributed by atoms with E-state index in [1.54, 1.807) is 6.26 Å². The molecule has 7 heteroatoms. The van der Waals surface area contributed by atoms with E-state index < -0.39 is 17.5 Å². The van der Waals surface area contributed by atoms with E-state index in [0.29, 0.717) is 5.16 Å². The van der Waals surface area contributed by atoms with Gasteiger partial charge < -0.3 is 5.73 Å². The minimum absolute atomic E-state index is 0.0304. The molecular formula is C12H9F2N3OS. The number of carbonyl (C=O) groups is 1. The predicted octanol–water partition coefficient (Wildman–Crippen LogP) is 2.24.